The van der Waals surface area contributed by atoms with Gasteiger partial charge in [-0.2, -0.15) is 0 Å². The van der Waals surface area contributed by atoms with Crippen LogP contribution >= 0.6 is 0 Å². The molecule has 1 unspecified atom stereocenters. The number of fused-ring (bicyclic) bond motifs is 2. The zero-order valence-electron chi connectivity index (χ0n) is 15.2. The third kappa shape index (κ3) is 2.70. The van der Waals surface area contributed by atoms with E-state index in [1.54, 1.807) is 6.07 Å². The van der Waals surface area contributed by atoms with Gasteiger partial charge in [-0.25, -0.2) is 0 Å². The van der Waals surface area contributed by atoms with Gasteiger partial charge in [0.1, 0.15) is 0 Å². The number of hydrogen-bond donors (Lipinski definition) is 2. The zero-order valence-corrected chi connectivity index (χ0v) is 15.2. The van der Waals surface area contributed by atoms with Gasteiger partial charge in [0.2, 0.25) is 0 Å². The molecule has 0 bridgehead atoms. The molecule has 3 heteroatoms. The highest BCUT2D eigenvalue weighted by Gasteiger charge is 2.35. The second kappa shape index (κ2) is 6.43. The Balaban J connectivity index is 1.53. The molecule has 136 valence electrons. The lowest BCUT2D eigenvalue weighted by atomic mass is 9.76. The number of benzene rings is 3. The highest BCUT2D eigenvalue weighted by atomic mass is 16.3. The van der Waals surface area contributed by atoms with Crippen molar-refractivity contribution in [2.75, 3.05) is 13.1 Å². The summed E-state index contributed by atoms with van der Waals surface area (Å²) >= 11 is 0. The summed E-state index contributed by atoms with van der Waals surface area (Å²) in [6.07, 6.45) is 2.95. The maximum absolute atomic E-state index is 10.5. The normalized spacial score (nSPS) is 18.0. The Bertz CT molecular complexity index is 997. The number of nitrogens with zero attached hydrogens (tertiary/aromatic N) is 1. The van der Waals surface area contributed by atoms with Crippen LogP contribution < -0.4 is 0 Å². The molecule has 27 heavy (non-hydrogen) atoms. The second-order valence-electron chi connectivity index (χ2n) is 7.59. The molecule has 5 rings (SSSR count). The standard InChI is InChI=1S/C24H23NO2/c26-21-10-9-18-15-20-22-17(7-4-8-19(22)23(18)24(21)27)12-14-25(20)13-11-16-5-2-1-3-6-16/h1-10,20,26-27H,11-15H2. The number of rotatable bonds is 3. The van der Waals surface area contributed by atoms with Gasteiger partial charge in [0.05, 0.1) is 0 Å². The lowest BCUT2D eigenvalue weighted by molar-refractivity contribution is 0.184. The largest absolute Gasteiger partial charge is 0.504 e. The molecule has 3 nitrogen and oxygen atoms in total. The van der Waals surface area contributed by atoms with Crippen molar-refractivity contribution < 1.29 is 10.2 Å². The maximum Gasteiger partial charge on any atom is 0.165 e. The molecule has 1 aliphatic carbocycles. The van der Waals surface area contributed by atoms with E-state index < -0.39 is 0 Å². The van der Waals surface area contributed by atoms with Crippen LogP contribution in [0.15, 0.2) is 60.7 Å². The maximum atomic E-state index is 10.5. The van der Waals surface area contributed by atoms with Gasteiger partial charge in [0, 0.05) is 24.7 Å². The van der Waals surface area contributed by atoms with Crippen molar-refractivity contribution >= 4 is 0 Å². The van der Waals surface area contributed by atoms with Crippen LogP contribution in [0.25, 0.3) is 11.1 Å². The number of hydrogen-bond acceptors (Lipinski definition) is 3. The summed E-state index contributed by atoms with van der Waals surface area (Å²) in [7, 11) is 0. The lowest BCUT2D eigenvalue weighted by Crippen LogP contribution is -2.39. The Morgan fingerprint density at radius 3 is 2.59 bits per heavy atom. The van der Waals surface area contributed by atoms with Gasteiger partial charge in [-0.1, -0.05) is 54.6 Å². The highest BCUT2D eigenvalue weighted by molar-refractivity contribution is 5.82. The first-order valence-electron chi connectivity index (χ1n) is 9.66. The summed E-state index contributed by atoms with van der Waals surface area (Å²) < 4.78 is 0. The van der Waals surface area contributed by atoms with Gasteiger partial charge in [-0.05, 0) is 53.1 Å². The first kappa shape index (κ1) is 16.4. The fraction of sp³-hybridized carbons (Fsp3) is 0.250. The zero-order chi connectivity index (χ0) is 18.4. The molecule has 1 atom stereocenters. The van der Waals surface area contributed by atoms with Crippen molar-refractivity contribution in [3.05, 3.63) is 82.9 Å². The minimum absolute atomic E-state index is 0.0146. The van der Waals surface area contributed by atoms with Crippen LogP contribution in [0.4, 0.5) is 0 Å². The van der Waals surface area contributed by atoms with Gasteiger partial charge in [0.15, 0.2) is 11.5 Å². The molecule has 0 saturated heterocycles. The number of aromatic hydroxyl groups is 2. The molecule has 0 radical (unpaired) electrons. The molecule has 0 aromatic heterocycles. The monoisotopic (exact) mass is 357 g/mol. The highest BCUT2D eigenvalue weighted by Crippen LogP contribution is 2.50. The quantitative estimate of drug-likeness (QED) is 0.680. The predicted octanol–water partition coefficient (Wildman–Crippen LogP) is 4.46. The third-order valence-corrected chi connectivity index (χ3v) is 6.09. The minimum atomic E-state index is -0.0402. The van der Waals surface area contributed by atoms with Crippen molar-refractivity contribution in [2.45, 2.75) is 25.3 Å². The molecule has 2 N–H and O–H groups in total. The minimum Gasteiger partial charge on any atom is -0.504 e. The molecule has 0 amide bonds. The van der Waals surface area contributed by atoms with Gasteiger partial charge in [-0.3, -0.25) is 4.90 Å². The van der Waals surface area contributed by atoms with Crippen LogP contribution in [-0.2, 0) is 19.3 Å². The van der Waals surface area contributed by atoms with Gasteiger partial charge < -0.3 is 10.2 Å². The second-order valence-corrected chi connectivity index (χ2v) is 7.59. The number of phenolic OH excluding ortho intramolecular Hbond substituents is 2. The van der Waals surface area contributed by atoms with E-state index in [0.29, 0.717) is 6.04 Å². The van der Waals surface area contributed by atoms with E-state index in [1.807, 2.05) is 6.07 Å². The molecule has 0 saturated carbocycles. The summed E-state index contributed by atoms with van der Waals surface area (Å²) in [6.45, 7) is 2.09. The van der Waals surface area contributed by atoms with Crippen molar-refractivity contribution in [1.82, 2.24) is 4.90 Å². The smallest absolute Gasteiger partial charge is 0.165 e. The Labute approximate surface area is 159 Å². The van der Waals surface area contributed by atoms with E-state index in [0.717, 1.165) is 49.0 Å². The first-order valence-corrected chi connectivity index (χ1v) is 9.66. The van der Waals surface area contributed by atoms with Gasteiger partial charge in [0.25, 0.3) is 0 Å². The Morgan fingerprint density at radius 2 is 1.74 bits per heavy atom. The van der Waals surface area contributed by atoms with Crippen LogP contribution in [-0.4, -0.2) is 28.2 Å². The van der Waals surface area contributed by atoms with Crippen LogP contribution in [0.5, 0.6) is 11.5 Å². The van der Waals surface area contributed by atoms with Crippen molar-refractivity contribution in [3.8, 4) is 22.6 Å². The summed E-state index contributed by atoms with van der Waals surface area (Å²) in [5.74, 6) is -0.0256. The SMILES string of the molecule is Oc1ccc2c(c1O)-c1cccc3c1C(C2)N(CCc1ccccc1)CC3. The molecule has 1 aliphatic heterocycles. The van der Waals surface area contributed by atoms with Gasteiger partial charge >= 0.3 is 0 Å². The van der Waals surface area contributed by atoms with Crippen LogP contribution in [0.1, 0.15) is 28.3 Å². The van der Waals surface area contributed by atoms with E-state index in [-0.39, 0.29) is 11.5 Å². The van der Waals surface area contributed by atoms with Crippen molar-refractivity contribution in [3.63, 3.8) is 0 Å². The van der Waals surface area contributed by atoms with Crippen LogP contribution in [0.2, 0.25) is 0 Å². The molecular weight excluding hydrogens is 334 g/mol. The molecule has 3 aromatic carbocycles. The summed E-state index contributed by atoms with van der Waals surface area (Å²) in [5.41, 5.74) is 7.10. The molecule has 3 aromatic rings. The molecule has 0 spiro atoms. The van der Waals surface area contributed by atoms with E-state index in [2.05, 4.69) is 53.4 Å². The van der Waals surface area contributed by atoms with Gasteiger partial charge in [-0.15, -0.1) is 0 Å². The lowest BCUT2D eigenvalue weighted by Gasteiger charge is -2.42. The Kier molecular flexibility index (Phi) is 3.91. The Morgan fingerprint density at radius 1 is 0.889 bits per heavy atom. The molecule has 0 fully saturated rings. The fourth-order valence-corrected chi connectivity index (χ4v) is 4.76. The summed E-state index contributed by atoms with van der Waals surface area (Å²) in [6, 6.07) is 20.9. The van der Waals surface area contributed by atoms with Crippen molar-refractivity contribution in [2.24, 2.45) is 0 Å². The predicted molar refractivity (Wildman–Crippen MR) is 107 cm³/mol. The summed E-state index contributed by atoms with van der Waals surface area (Å²) in [4.78, 5) is 2.59. The molecule has 2 aliphatic rings. The van der Waals surface area contributed by atoms with E-state index in [4.69, 9.17) is 0 Å². The van der Waals surface area contributed by atoms with E-state index >= 15 is 0 Å². The average Bonchev–Trinajstić information content (AvgIpc) is 2.71. The molecule has 1 heterocycles. The van der Waals surface area contributed by atoms with E-state index in [1.165, 1.54) is 16.7 Å². The molecular formula is C24H23NO2. The van der Waals surface area contributed by atoms with Crippen LogP contribution in [0.3, 0.4) is 0 Å². The van der Waals surface area contributed by atoms with E-state index in [9.17, 15) is 10.2 Å². The van der Waals surface area contributed by atoms with Crippen molar-refractivity contribution in [1.29, 1.82) is 0 Å². The van der Waals surface area contributed by atoms with Crippen LogP contribution in [0, 0.1) is 0 Å². The number of phenols is 2. The topological polar surface area (TPSA) is 43.7 Å². The summed E-state index contributed by atoms with van der Waals surface area (Å²) in [5, 5.41) is 20.5. The fourth-order valence-electron chi connectivity index (χ4n) is 4.76. The third-order valence-electron chi connectivity index (χ3n) is 6.09. The average molecular weight is 357 g/mol. The Hall–Kier alpha value is -2.78. The first-order chi connectivity index (χ1) is 13.2.